The summed E-state index contributed by atoms with van der Waals surface area (Å²) in [5.41, 5.74) is 10.3. The van der Waals surface area contributed by atoms with Gasteiger partial charge in [0.15, 0.2) is 11.0 Å². The summed E-state index contributed by atoms with van der Waals surface area (Å²) in [6.07, 6.45) is 2.68. The Morgan fingerprint density at radius 2 is 1.66 bits per heavy atom. The molecule has 1 saturated heterocycles. The van der Waals surface area contributed by atoms with Crippen molar-refractivity contribution in [1.29, 1.82) is 0 Å². The largest absolute Gasteiger partial charge is 0.492 e. The van der Waals surface area contributed by atoms with E-state index in [1.165, 1.54) is 17.3 Å². The molecule has 0 unspecified atom stereocenters. The van der Waals surface area contributed by atoms with E-state index in [9.17, 15) is 4.79 Å². The Hall–Kier alpha value is -3.40. The van der Waals surface area contributed by atoms with Crippen LogP contribution >= 0.6 is 11.6 Å². The predicted molar refractivity (Wildman–Crippen MR) is 149 cm³/mol. The molecule has 2 heterocycles. The fraction of sp³-hybridized carbons (Fsp3) is 0.321. The number of carbonyl (C=O) groups excluding carboxylic acids is 1. The number of nitrogens with zero attached hydrogens (tertiary/aromatic N) is 2. The van der Waals surface area contributed by atoms with Crippen LogP contribution in [0.15, 0.2) is 60.2 Å². The molecule has 0 spiro atoms. The molecule has 3 N–H and O–H groups in total. The molecular formula is C28H30BClN4O4. The third-order valence-electron chi connectivity index (χ3n) is 7.44. The monoisotopic (exact) mass is 532 g/mol. The second kappa shape index (κ2) is 10.1. The molecule has 5 rings (SSSR count). The Labute approximate surface area is 227 Å². The van der Waals surface area contributed by atoms with E-state index in [0.717, 1.165) is 11.1 Å². The minimum absolute atomic E-state index is 0.0292. The maximum absolute atomic E-state index is 12.8. The van der Waals surface area contributed by atoms with Crippen molar-refractivity contribution in [2.75, 3.05) is 18.9 Å². The Morgan fingerprint density at radius 3 is 2.24 bits per heavy atom. The quantitative estimate of drug-likeness (QED) is 0.417. The fourth-order valence-corrected chi connectivity index (χ4v) is 4.81. The van der Waals surface area contributed by atoms with E-state index in [2.05, 4.69) is 39.6 Å². The van der Waals surface area contributed by atoms with E-state index in [0.29, 0.717) is 11.2 Å². The number of ether oxygens (including phenoxy) is 1. The summed E-state index contributed by atoms with van der Waals surface area (Å²) in [4.78, 5) is 21.2. The number of nitrogens with one attached hydrogen (secondary N) is 1. The normalized spacial score (nSPS) is 17.7. The molecular weight excluding hydrogens is 503 g/mol. The van der Waals surface area contributed by atoms with Crippen LogP contribution < -0.4 is 11.1 Å². The second-order valence-corrected chi connectivity index (χ2v) is 10.8. The van der Waals surface area contributed by atoms with Crippen molar-refractivity contribution in [2.24, 2.45) is 0 Å². The first-order chi connectivity index (χ1) is 18.1. The molecule has 0 radical (unpaired) electrons. The lowest BCUT2D eigenvalue weighted by molar-refractivity contribution is 0.00578. The van der Waals surface area contributed by atoms with E-state index in [1.54, 1.807) is 6.08 Å². The number of fused-ring (bicyclic) bond motifs is 3. The zero-order valence-corrected chi connectivity index (χ0v) is 22.6. The lowest BCUT2D eigenvalue weighted by Crippen LogP contribution is -2.41. The predicted octanol–water partition coefficient (Wildman–Crippen LogP) is 5.27. The summed E-state index contributed by atoms with van der Waals surface area (Å²) in [5, 5.41) is 2.93. The lowest BCUT2D eigenvalue weighted by Gasteiger charge is -2.32. The van der Waals surface area contributed by atoms with Gasteiger partial charge in [-0.25, -0.2) is 14.8 Å². The summed E-state index contributed by atoms with van der Waals surface area (Å²) in [6, 6.07) is 16.4. The molecule has 1 amide bonds. The summed E-state index contributed by atoms with van der Waals surface area (Å²) < 4.78 is 18.1. The van der Waals surface area contributed by atoms with E-state index in [-0.39, 0.29) is 30.0 Å². The number of rotatable bonds is 6. The number of hydrogen-bond donors (Lipinski definition) is 2. The SMILES string of the molecule is CC1(C)OB(C(=Cc2cnc(N)c(Cl)n2)CNC(=O)OCC2c3ccccc3-c3ccccc32)OC1(C)C. The van der Waals surface area contributed by atoms with Crippen LogP contribution in [0.3, 0.4) is 0 Å². The number of carbonyl (C=O) groups is 1. The first kappa shape index (κ1) is 26.2. The highest BCUT2D eigenvalue weighted by Crippen LogP contribution is 2.44. The van der Waals surface area contributed by atoms with E-state index in [1.807, 2.05) is 52.0 Å². The van der Waals surface area contributed by atoms with Gasteiger partial charge in [-0.15, -0.1) is 0 Å². The number of hydrogen-bond acceptors (Lipinski definition) is 7. The molecule has 2 aliphatic rings. The van der Waals surface area contributed by atoms with Gasteiger partial charge in [-0.2, -0.15) is 0 Å². The van der Waals surface area contributed by atoms with Gasteiger partial charge >= 0.3 is 13.2 Å². The van der Waals surface area contributed by atoms with Gasteiger partial charge in [-0.1, -0.05) is 60.1 Å². The van der Waals surface area contributed by atoms with Crippen LogP contribution in [0.1, 0.15) is 50.4 Å². The minimum atomic E-state index is -0.716. The van der Waals surface area contributed by atoms with Gasteiger partial charge in [0.1, 0.15) is 6.61 Å². The van der Waals surface area contributed by atoms with Gasteiger partial charge in [0.2, 0.25) is 0 Å². The van der Waals surface area contributed by atoms with Gasteiger partial charge in [0.25, 0.3) is 0 Å². The molecule has 2 aromatic carbocycles. The molecule has 0 bridgehead atoms. The number of alkyl carbamates (subject to hydrolysis) is 1. The lowest BCUT2D eigenvalue weighted by atomic mass is 9.77. The smallest absolute Gasteiger partial charge is 0.449 e. The van der Waals surface area contributed by atoms with Crippen molar-refractivity contribution in [2.45, 2.75) is 44.8 Å². The van der Waals surface area contributed by atoms with Gasteiger partial charge in [0.05, 0.1) is 23.1 Å². The highest BCUT2D eigenvalue weighted by Gasteiger charge is 2.52. The molecule has 1 aliphatic carbocycles. The van der Waals surface area contributed by atoms with Gasteiger partial charge in [-0.05, 0) is 61.5 Å². The molecule has 0 saturated carbocycles. The van der Waals surface area contributed by atoms with E-state index in [4.69, 9.17) is 31.4 Å². The number of nitrogen functional groups attached to an aromatic ring is 1. The topological polar surface area (TPSA) is 109 Å². The van der Waals surface area contributed by atoms with Crippen LogP contribution in [0.5, 0.6) is 0 Å². The van der Waals surface area contributed by atoms with Crippen LogP contribution in [0.25, 0.3) is 17.2 Å². The van der Waals surface area contributed by atoms with Gasteiger partial charge in [-0.3, -0.25) is 0 Å². The summed E-state index contributed by atoms with van der Waals surface area (Å²) >= 11 is 6.07. The number of halogens is 1. The number of amides is 1. The molecule has 8 nitrogen and oxygen atoms in total. The third-order valence-corrected chi connectivity index (χ3v) is 7.72. The van der Waals surface area contributed by atoms with Crippen molar-refractivity contribution in [1.82, 2.24) is 15.3 Å². The average molecular weight is 533 g/mol. The number of nitrogens with two attached hydrogens (primary N) is 1. The molecule has 38 heavy (non-hydrogen) atoms. The van der Waals surface area contributed by atoms with Crippen LogP contribution in [-0.2, 0) is 14.0 Å². The summed E-state index contributed by atoms with van der Waals surface area (Å²) in [5.74, 6) is 0.108. The van der Waals surface area contributed by atoms with Gasteiger partial charge in [0, 0.05) is 12.5 Å². The minimum Gasteiger partial charge on any atom is -0.449 e. The zero-order valence-electron chi connectivity index (χ0n) is 21.8. The molecule has 1 aromatic heterocycles. The first-order valence-electron chi connectivity index (χ1n) is 12.5. The molecule has 3 aromatic rings. The maximum Gasteiger partial charge on any atom is 0.492 e. The highest BCUT2D eigenvalue weighted by atomic mass is 35.5. The number of benzene rings is 2. The van der Waals surface area contributed by atoms with Crippen molar-refractivity contribution in [3.05, 3.63) is 82.2 Å². The fourth-order valence-electron chi connectivity index (χ4n) is 4.67. The summed E-state index contributed by atoms with van der Waals surface area (Å²) in [6.45, 7) is 8.17. The van der Waals surface area contributed by atoms with E-state index < -0.39 is 24.4 Å². The molecule has 10 heteroatoms. The molecule has 196 valence electrons. The number of anilines is 1. The van der Waals surface area contributed by atoms with Crippen molar-refractivity contribution < 1.29 is 18.8 Å². The highest BCUT2D eigenvalue weighted by molar-refractivity contribution is 6.56. The molecule has 0 atom stereocenters. The van der Waals surface area contributed by atoms with Crippen molar-refractivity contribution in [3.63, 3.8) is 0 Å². The Balaban J connectivity index is 1.30. The first-order valence-corrected chi connectivity index (χ1v) is 12.9. The van der Waals surface area contributed by atoms with Crippen molar-refractivity contribution >= 4 is 36.7 Å². The second-order valence-electron chi connectivity index (χ2n) is 10.5. The van der Waals surface area contributed by atoms with Gasteiger partial charge < -0.3 is 25.1 Å². The van der Waals surface area contributed by atoms with Crippen LogP contribution in [0.4, 0.5) is 10.6 Å². The summed E-state index contributed by atoms with van der Waals surface area (Å²) in [7, 11) is -0.716. The van der Waals surface area contributed by atoms with Crippen molar-refractivity contribution in [3.8, 4) is 11.1 Å². The van der Waals surface area contributed by atoms with Crippen LogP contribution in [-0.4, -0.2) is 47.5 Å². The Morgan fingerprint density at radius 1 is 1.08 bits per heavy atom. The van der Waals surface area contributed by atoms with Crippen LogP contribution in [0.2, 0.25) is 5.15 Å². The average Bonchev–Trinajstić information content (AvgIpc) is 3.31. The Bertz CT molecular complexity index is 1350. The van der Waals surface area contributed by atoms with E-state index >= 15 is 0 Å². The standard InChI is InChI=1S/C28H30BClN4O4/c1-27(2)28(3,4)38-29(37-27)17(13-18-15-32-25(31)24(30)34-18)14-33-26(35)36-16-23-21-11-7-5-9-19(21)20-10-6-8-12-22(20)23/h5-13,15,23H,14,16H2,1-4H3,(H2,31,32)(H,33,35). The third kappa shape index (κ3) is 5.01. The van der Waals surface area contributed by atoms with Crippen LogP contribution in [0, 0.1) is 0 Å². The maximum atomic E-state index is 12.8. The Kier molecular flexibility index (Phi) is 6.94. The number of aromatic nitrogens is 2. The molecule has 1 fully saturated rings. The zero-order chi connectivity index (χ0) is 27.1. The molecule has 1 aliphatic heterocycles.